The Hall–Kier alpha value is -1.90. The summed E-state index contributed by atoms with van der Waals surface area (Å²) in [6, 6.07) is 7.27. The van der Waals surface area contributed by atoms with Crippen LogP contribution in [0.15, 0.2) is 24.3 Å². The van der Waals surface area contributed by atoms with E-state index in [1.807, 2.05) is 6.07 Å². The lowest BCUT2D eigenvalue weighted by Crippen LogP contribution is -2.01. The first-order valence-electron chi connectivity index (χ1n) is 7.31. The minimum absolute atomic E-state index is 0.322. The summed E-state index contributed by atoms with van der Waals surface area (Å²) in [7, 11) is 0. The molecule has 3 nitrogen and oxygen atoms in total. The maximum atomic E-state index is 11.0. The maximum absolute atomic E-state index is 11.0. The van der Waals surface area contributed by atoms with Gasteiger partial charge in [-0.15, -0.1) is 0 Å². The van der Waals surface area contributed by atoms with Crippen LogP contribution in [-0.4, -0.2) is 16.1 Å². The van der Waals surface area contributed by atoms with E-state index in [4.69, 9.17) is 10.1 Å². The molecule has 0 aliphatic carbocycles. The van der Waals surface area contributed by atoms with Crippen molar-refractivity contribution >= 4 is 16.9 Å². The van der Waals surface area contributed by atoms with E-state index in [-0.39, 0.29) is 0 Å². The smallest absolute Gasteiger partial charge is 0.335 e. The molecule has 0 saturated heterocycles. The molecule has 0 unspecified atom stereocenters. The third-order valence-corrected chi connectivity index (χ3v) is 3.52. The van der Waals surface area contributed by atoms with Gasteiger partial charge in [0.15, 0.2) is 0 Å². The monoisotopic (exact) mass is 271 g/mol. The number of carboxylic acid groups (broad SMARTS) is 1. The topological polar surface area (TPSA) is 50.2 Å². The molecule has 20 heavy (non-hydrogen) atoms. The number of benzene rings is 1. The van der Waals surface area contributed by atoms with E-state index >= 15 is 0 Å². The number of carbonyl (C=O) groups is 1. The van der Waals surface area contributed by atoms with Gasteiger partial charge in [-0.05, 0) is 49.1 Å². The zero-order valence-corrected chi connectivity index (χ0v) is 12.1. The van der Waals surface area contributed by atoms with Crippen LogP contribution in [0.1, 0.15) is 54.7 Å². The Morgan fingerprint density at radius 1 is 1.15 bits per heavy atom. The molecule has 0 aliphatic heterocycles. The van der Waals surface area contributed by atoms with Crippen molar-refractivity contribution in [1.82, 2.24) is 4.98 Å². The third kappa shape index (κ3) is 3.16. The second-order valence-corrected chi connectivity index (χ2v) is 5.16. The lowest BCUT2D eigenvalue weighted by atomic mass is 10.0. The fraction of sp³-hybridized carbons (Fsp3) is 0.412. The molecule has 0 aliphatic rings. The molecule has 0 radical (unpaired) electrons. The van der Waals surface area contributed by atoms with Crippen LogP contribution in [-0.2, 0) is 12.8 Å². The summed E-state index contributed by atoms with van der Waals surface area (Å²) in [5.74, 6) is -0.890. The Morgan fingerprint density at radius 3 is 2.60 bits per heavy atom. The zero-order valence-electron chi connectivity index (χ0n) is 12.1. The van der Waals surface area contributed by atoms with Gasteiger partial charge in [0.2, 0.25) is 0 Å². The van der Waals surface area contributed by atoms with Crippen molar-refractivity contribution in [3.8, 4) is 0 Å². The SMILES string of the molecule is CCCCc1nc2ccc(C(=O)O)cc2cc1CCC. The number of aryl methyl sites for hydroxylation is 2. The van der Waals surface area contributed by atoms with Gasteiger partial charge in [-0.2, -0.15) is 0 Å². The van der Waals surface area contributed by atoms with Gasteiger partial charge in [0.1, 0.15) is 0 Å². The Balaban J connectivity index is 2.49. The first kappa shape index (κ1) is 14.5. The van der Waals surface area contributed by atoms with E-state index in [0.717, 1.165) is 43.0 Å². The number of aromatic nitrogens is 1. The predicted octanol–water partition coefficient (Wildman–Crippen LogP) is 4.23. The van der Waals surface area contributed by atoms with Crippen LogP contribution in [0.4, 0.5) is 0 Å². The highest BCUT2D eigenvalue weighted by Crippen LogP contribution is 2.21. The molecule has 0 bridgehead atoms. The van der Waals surface area contributed by atoms with E-state index in [2.05, 4.69) is 19.9 Å². The summed E-state index contributed by atoms with van der Waals surface area (Å²) in [5.41, 5.74) is 3.64. The van der Waals surface area contributed by atoms with Crippen LogP contribution >= 0.6 is 0 Å². The van der Waals surface area contributed by atoms with Crippen LogP contribution in [0.3, 0.4) is 0 Å². The largest absolute Gasteiger partial charge is 0.478 e. The molecule has 1 aromatic heterocycles. The normalized spacial score (nSPS) is 10.9. The number of nitrogens with zero attached hydrogens (tertiary/aromatic N) is 1. The molecule has 2 aromatic rings. The van der Waals surface area contributed by atoms with Crippen molar-refractivity contribution in [2.24, 2.45) is 0 Å². The van der Waals surface area contributed by atoms with E-state index < -0.39 is 5.97 Å². The minimum atomic E-state index is -0.890. The van der Waals surface area contributed by atoms with Crippen molar-refractivity contribution in [2.75, 3.05) is 0 Å². The average Bonchev–Trinajstić information content (AvgIpc) is 2.44. The van der Waals surface area contributed by atoms with E-state index in [9.17, 15) is 4.79 Å². The van der Waals surface area contributed by atoms with Crippen molar-refractivity contribution in [1.29, 1.82) is 0 Å². The van der Waals surface area contributed by atoms with E-state index in [1.165, 1.54) is 11.3 Å². The summed E-state index contributed by atoms with van der Waals surface area (Å²) in [6.45, 7) is 4.33. The van der Waals surface area contributed by atoms with Crippen molar-refractivity contribution in [3.63, 3.8) is 0 Å². The number of pyridine rings is 1. The van der Waals surface area contributed by atoms with Gasteiger partial charge in [-0.1, -0.05) is 26.7 Å². The number of rotatable bonds is 6. The van der Waals surface area contributed by atoms with Crippen molar-refractivity contribution < 1.29 is 9.90 Å². The fourth-order valence-corrected chi connectivity index (χ4v) is 2.44. The quantitative estimate of drug-likeness (QED) is 0.855. The molecule has 2 rings (SSSR count). The van der Waals surface area contributed by atoms with Gasteiger partial charge in [-0.25, -0.2) is 4.79 Å². The first-order chi connectivity index (χ1) is 9.65. The predicted molar refractivity (Wildman–Crippen MR) is 81.3 cm³/mol. The summed E-state index contributed by atoms with van der Waals surface area (Å²) < 4.78 is 0. The van der Waals surface area contributed by atoms with Crippen LogP contribution in [0.25, 0.3) is 10.9 Å². The number of unbranched alkanes of at least 4 members (excludes halogenated alkanes) is 1. The first-order valence-corrected chi connectivity index (χ1v) is 7.31. The molecule has 1 heterocycles. The molecular weight excluding hydrogens is 250 g/mol. The molecule has 0 atom stereocenters. The van der Waals surface area contributed by atoms with E-state index in [0.29, 0.717) is 5.56 Å². The summed E-state index contributed by atoms with van der Waals surface area (Å²) >= 11 is 0. The molecule has 0 amide bonds. The Morgan fingerprint density at radius 2 is 1.95 bits per heavy atom. The van der Waals surface area contributed by atoms with Crippen molar-refractivity contribution in [2.45, 2.75) is 46.0 Å². The number of hydrogen-bond donors (Lipinski definition) is 1. The van der Waals surface area contributed by atoms with Gasteiger partial charge in [0, 0.05) is 11.1 Å². The summed E-state index contributed by atoms with van der Waals surface area (Å²) in [5, 5.41) is 9.99. The Bertz CT molecular complexity index is 620. The minimum Gasteiger partial charge on any atom is -0.478 e. The maximum Gasteiger partial charge on any atom is 0.335 e. The summed E-state index contributed by atoms with van der Waals surface area (Å²) in [6.07, 6.45) is 5.37. The molecule has 0 spiro atoms. The number of hydrogen-bond acceptors (Lipinski definition) is 2. The fourth-order valence-electron chi connectivity index (χ4n) is 2.44. The lowest BCUT2D eigenvalue weighted by molar-refractivity contribution is 0.0697. The molecule has 1 N–H and O–H groups in total. The molecule has 0 saturated carbocycles. The van der Waals surface area contributed by atoms with Crippen LogP contribution in [0.5, 0.6) is 0 Å². The second-order valence-electron chi connectivity index (χ2n) is 5.16. The lowest BCUT2D eigenvalue weighted by Gasteiger charge is -2.10. The standard InChI is InChI=1S/C17H21NO2/c1-3-5-7-15-12(6-4-2)10-14-11-13(17(19)20)8-9-16(14)18-15/h8-11H,3-7H2,1-2H3,(H,19,20). The van der Waals surface area contributed by atoms with E-state index in [1.54, 1.807) is 12.1 Å². The van der Waals surface area contributed by atoms with Gasteiger partial charge in [0.25, 0.3) is 0 Å². The molecule has 106 valence electrons. The molecular formula is C17H21NO2. The highest BCUT2D eigenvalue weighted by atomic mass is 16.4. The van der Waals surface area contributed by atoms with Crippen molar-refractivity contribution in [3.05, 3.63) is 41.1 Å². The highest BCUT2D eigenvalue weighted by Gasteiger charge is 2.09. The number of fused-ring (bicyclic) bond motifs is 1. The molecule has 0 fully saturated rings. The summed E-state index contributed by atoms with van der Waals surface area (Å²) in [4.78, 5) is 15.8. The zero-order chi connectivity index (χ0) is 14.5. The molecule has 3 heteroatoms. The van der Waals surface area contributed by atoms with Gasteiger partial charge in [0.05, 0.1) is 11.1 Å². The Kier molecular flexibility index (Phi) is 4.72. The number of aromatic carboxylic acids is 1. The average molecular weight is 271 g/mol. The third-order valence-electron chi connectivity index (χ3n) is 3.52. The molecule has 1 aromatic carbocycles. The van der Waals surface area contributed by atoms with Crippen LogP contribution in [0, 0.1) is 0 Å². The van der Waals surface area contributed by atoms with Gasteiger partial charge in [-0.3, -0.25) is 4.98 Å². The Labute approximate surface area is 119 Å². The van der Waals surface area contributed by atoms with Crippen LogP contribution in [0.2, 0.25) is 0 Å². The highest BCUT2D eigenvalue weighted by molar-refractivity contribution is 5.93. The second kappa shape index (κ2) is 6.51. The number of carboxylic acids is 1. The van der Waals surface area contributed by atoms with Gasteiger partial charge < -0.3 is 5.11 Å². The van der Waals surface area contributed by atoms with Gasteiger partial charge >= 0.3 is 5.97 Å². The van der Waals surface area contributed by atoms with Crippen LogP contribution < -0.4 is 0 Å².